The summed E-state index contributed by atoms with van der Waals surface area (Å²) in [5.41, 5.74) is 10.0. The zero-order valence-corrected chi connectivity index (χ0v) is 18.8. The van der Waals surface area contributed by atoms with E-state index in [4.69, 9.17) is 26.3 Å². The molecular formula is C19H24ClN5O4S. The van der Waals surface area contributed by atoms with E-state index in [1.54, 1.807) is 13.3 Å². The fourth-order valence-electron chi connectivity index (χ4n) is 3.41. The molecule has 0 bridgehead atoms. The van der Waals surface area contributed by atoms with Gasteiger partial charge in [0.2, 0.25) is 5.95 Å². The number of ether oxygens (including phenoxy) is 1. The zero-order valence-electron chi connectivity index (χ0n) is 17.3. The van der Waals surface area contributed by atoms with Crippen LogP contribution in [0.2, 0.25) is 5.15 Å². The number of nitrogens with two attached hydrogens (primary N) is 1. The number of anilines is 1. The van der Waals surface area contributed by atoms with Crippen molar-refractivity contribution in [1.82, 2.24) is 19.5 Å². The molecule has 0 atom stereocenters. The lowest BCUT2D eigenvalue weighted by molar-refractivity contribution is 0.316. The number of hydrogen-bond acceptors (Lipinski definition) is 8. The lowest BCUT2D eigenvalue weighted by Gasteiger charge is -2.13. The van der Waals surface area contributed by atoms with E-state index in [0.29, 0.717) is 30.4 Å². The lowest BCUT2D eigenvalue weighted by Crippen LogP contribution is -2.07. The van der Waals surface area contributed by atoms with Gasteiger partial charge < -0.3 is 15.0 Å². The predicted molar refractivity (Wildman–Crippen MR) is 115 cm³/mol. The summed E-state index contributed by atoms with van der Waals surface area (Å²) in [5, 5.41) is 0.934. The number of nitrogen functional groups attached to an aromatic ring is 1. The summed E-state index contributed by atoms with van der Waals surface area (Å²) in [7, 11) is -1.84. The van der Waals surface area contributed by atoms with Crippen molar-refractivity contribution in [1.29, 1.82) is 0 Å². The van der Waals surface area contributed by atoms with Crippen molar-refractivity contribution in [2.45, 2.75) is 33.2 Å². The molecule has 3 rings (SSSR count). The number of aromatic nitrogens is 4. The number of methoxy groups -OCH3 is 1. The Morgan fingerprint density at radius 2 is 2.00 bits per heavy atom. The first-order valence-corrected chi connectivity index (χ1v) is 11.4. The minimum absolute atomic E-state index is 0.0741. The number of aryl methyl sites for hydroxylation is 2. The van der Waals surface area contributed by atoms with E-state index in [2.05, 4.69) is 15.0 Å². The predicted octanol–water partition coefficient (Wildman–Crippen LogP) is 2.64. The molecule has 0 saturated heterocycles. The number of pyridine rings is 1. The Hall–Kier alpha value is -2.43. The Kier molecular flexibility index (Phi) is 6.49. The van der Waals surface area contributed by atoms with E-state index >= 15 is 0 Å². The summed E-state index contributed by atoms with van der Waals surface area (Å²) < 4.78 is 34.6. The maximum atomic E-state index is 11.2. The van der Waals surface area contributed by atoms with Crippen LogP contribution in [0.25, 0.3) is 11.0 Å². The van der Waals surface area contributed by atoms with Gasteiger partial charge in [-0.3, -0.25) is 9.17 Å². The summed E-state index contributed by atoms with van der Waals surface area (Å²) in [6.45, 7) is 4.41. The second-order valence-electron chi connectivity index (χ2n) is 7.03. The van der Waals surface area contributed by atoms with Gasteiger partial charge in [0.05, 0.1) is 37.6 Å². The number of hydrogen-bond donors (Lipinski definition) is 1. The lowest BCUT2D eigenvalue weighted by atomic mass is 10.1. The second kappa shape index (κ2) is 8.75. The molecule has 0 saturated carbocycles. The fourth-order valence-corrected chi connectivity index (χ4v) is 4.12. The largest absolute Gasteiger partial charge is 0.496 e. The maximum absolute atomic E-state index is 11.2. The van der Waals surface area contributed by atoms with Crippen molar-refractivity contribution in [3.8, 4) is 5.75 Å². The van der Waals surface area contributed by atoms with Gasteiger partial charge in [0.1, 0.15) is 16.5 Å². The van der Waals surface area contributed by atoms with Crippen molar-refractivity contribution in [3.05, 3.63) is 39.9 Å². The Balaban J connectivity index is 1.97. The Labute approximate surface area is 180 Å². The number of rotatable bonds is 8. The van der Waals surface area contributed by atoms with Crippen molar-refractivity contribution in [2.75, 3.05) is 25.7 Å². The van der Waals surface area contributed by atoms with Gasteiger partial charge in [-0.1, -0.05) is 11.6 Å². The van der Waals surface area contributed by atoms with E-state index in [0.717, 1.165) is 34.4 Å². The minimum Gasteiger partial charge on any atom is -0.496 e. The van der Waals surface area contributed by atoms with Crippen LogP contribution in [-0.4, -0.2) is 47.9 Å². The standard InChI is InChI=1S/C19H24ClN5O4S/c1-11-8-22-14(12(2)16(11)28-3)10-25-9-13(6-5-7-29-30(4,26)27)15-17(20)23-19(21)24-18(15)25/h8-9H,5-7,10H2,1-4H3,(H2,21,23,24). The van der Waals surface area contributed by atoms with Crippen LogP contribution in [0.4, 0.5) is 5.95 Å². The molecule has 2 N–H and O–H groups in total. The first-order valence-electron chi connectivity index (χ1n) is 9.25. The average molecular weight is 454 g/mol. The van der Waals surface area contributed by atoms with Crippen LogP contribution < -0.4 is 10.5 Å². The third-order valence-corrected chi connectivity index (χ3v) is 5.59. The van der Waals surface area contributed by atoms with Crippen LogP contribution in [-0.2, 0) is 27.3 Å². The normalized spacial score (nSPS) is 11.9. The highest BCUT2D eigenvalue weighted by Gasteiger charge is 2.18. The van der Waals surface area contributed by atoms with E-state index in [-0.39, 0.29) is 17.7 Å². The third kappa shape index (κ3) is 4.82. The van der Waals surface area contributed by atoms with Gasteiger partial charge in [-0.15, -0.1) is 0 Å². The summed E-state index contributed by atoms with van der Waals surface area (Å²) in [6, 6.07) is 0. The molecule has 162 valence electrons. The molecule has 0 radical (unpaired) electrons. The van der Waals surface area contributed by atoms with Gasteiger partial charge in [0.25, 0.3) is 10.1 Å². The maximum Gasteiger partial charge on any atom is 0.264 e. The Bertz CT molecular complexity index is 1190. The van der Waals surface area contributed by atoms with Crippen LogP contribution >= 0.6 is 11.6 Å². The van der Waals surface area contributed by atoms with Gasteiger partial charge in [-0.25, -0.2) is 4.98 Å². The van der Waals surface area contributed by atoms with Crippen LogP contribution in [0.5, 0.6) is 5.75 Å². The quantitative estimate of drug-likeness (QED) is 0.313. The van der Waals surface area contributed by atoms with Gasteiger partial charge in [-0.2, -0.15) is 13.4 Å². The van der Waals surface area contributed by atoms with Crippen molar-refractivity contribution in [3.63, 3.8) is 0 Å². The molecule has 0 spiro atoms. The highest BCUT2D eigenvalue weighted by atomic mass is 35.5. The highest BCUT2D eigenvalue weighted by Crippen LogP contribution is 2.30. The Morgan fingerprint density at radius 1 is 1.27 bits per heavy atom. The average Bonchev–Trinajstić information content (AvgIpc) is 2.98. The summed E-state index contributed by atoms with van der Waals surface area (Å²) in [4.78, 5) is 13.0. The SMILES string of the molecule is COc1c(C)cnc(Cn2cc(CCCOS(C)(=O)=O)c3c(Cl)nc(N)nc32)c1C. The Morgan fingerprint density at radius 3 is 2.67 bits per heavy atom. The van der Waals surface area contributed by atoms with Gasteiger partial charge >= 0.3 is 0 Å². The van der Waals surface area contributed by atoms with Crippen LogP contribution in [0, 0.1) is 13.8 Å². The van der Waals surface area contributed by atoms with Crippen molar-refractivity contribution < 1.29 is 17.3 Å². The van der Waals surface area contributed by atoms with Gasteiger partial charge in [0.15, 0.2) is 0 Å². The van der Waals surface area contributed by atoms with Gasteiger partial charge in [-0.05, 0) is 32.3 Å². The molecule has 0 aliphatic rings. The number of nitrogens with zero attached hydrogens (tertiary/aromatic N) is 4. The van der Waals surface area contributed by atoms with Crippen LogP contribution in [0.3, 0.4) is 0 Å². The highest BCUT2D eigenvalue weighted by molar-refractivity contribution is 7.85. The monoisotopic (exact) mass is 453 g/mol. The molecule has 0 aliphatic carbocycles. The topological polar surface area (TPSA) is 122 Å². The molecule has 0 fully saturated rings. The van der Waals surface area contributed by atoms with Crippen molar-refractivity contribution >= 4 is 38.7 Å². The third-order valence-electron chi connectivity index (χ3n) is 4.73. The van der Waals surface area contributed by atoms with Crippen LogP contribution in [0.15, 0.2) is 12.4 Å². The number of halogens is 1. The summed E-state index contributed by atoms with van der Waals surface area (Å²) in [5.74, 6) is 0.867. The first-order chi connectivity index (χ1) is 14.1. The summed E-state index contributed by atoms with van der Waals surface area (Å²) >= 11 is 6.36. The molecule has 11 heteroatoms. The molecule has 30 heavy (non-hydrogen) atoms. The molecule has 3 aromatic rings. The molecular weight excluding hydrogens is 430 g/mol. The van der Waals surface area contributed by atoms with Gasteiger partial charge in [0, 0.05) is 23.5 Å². The first kappa shape index (κ1) is 22.3. The fraction of sp³-hybridized carbons (Fsp3) is 0.421. The molecule has 0 aliphatic heterocycles. The summed E-state index contributed by atoms with van der Waals surface area (Å²) in [6.07, 6.45) is 5.74. The smallest absolute Gasteiger partial charge is 0.264 e. The van der Waals surface area contributed by atoms with E-state index < -0.39 is 10.1 Å². The van der Waals surface area contributed by atoms with Crippen molar-refractivity contribution in [2.24, 2.45) is 0 Å². The molecule has 9 nitrogen and oxygen atoms in total. The molecule has 3 heterocycles. The molecule has 0 unspecified atom stereocenters. The van der Waals surface area contributed by atoms with Crippen LogP contribution in [0.1, 0.15) is 28.8 Å². The van der Waals surface area contributed by atoms with E-state index in [1.165, 1.54) is 0 Å². The minimum atomic E-state index is -3.48. The molecule has 0 amide bonds. The van der Waals surface area contributed by atoms with E-state index in [9.17, 15) is 8.42 Å². The molecule has 0 aromatic carbocycles. The zero-order chi connectivity index (χ0) is 22.1. The number of fused-ring (bicyclic) bond motifs is 1. The molecule has 3 aromatic heterocycles. The second-order valence-corrected chi connectivity index (χ2v) is 9.03. The van der Waals surface area contributed by atoms with E-state index in [1.807, 2.05) is 24.6 Å².